The van der Waals surface area contributed by atoms with Gasteiger partial charge in [-0.25, -0.2) is 15.0 Å². The maximum Gasteiger partial charge on any atom is 0.450 e. The van der Waals surface area contributed by atoms with Crippen LogP contribution in [0.25, 0.3) is 16.9 Å². The summed E-state index contributed by atoms with van der Waals surface area (Å²) in [4.78, 5) is 12.3. The van der Waals surface area contributed by atoms with Gasteiger partial charge in [-0.15, -0.1) is 0 Å². The summed E-state index contributed by atoms with van der Waals surface area (Å²) in [6, 6.07) is 5.02. The number of nitrogens with zero attached hydrogens (tertiary/aromatic N) is 4. The molecule has 1 aliphatic carbocycles. The smallest absolute Gasteiger partial charge is 0.369 e. The molecule has 1 N–H and O–H groups in total. The molecule has 0 atom stereocenters. The van der Waals surface area contributed by atoms with E-state index in [2.05, 4.69) is 20.3 Å². The molecule has 5 nitrogen and oxygen atoms in total. The quantitative estimate of drug-likeness (QED) is 0.550. The number of hydrogen-bond acceptors (Lipinski definition) is 4. The Morgan fingerprint density at radius 1 is 1.07 bits per heavy atom. The summed E-state index contributed by atoms with van der Waals surface area (Å²) in [5.41, 5.74) is 1.49. The van der Waals surface area contributed by atoms with Crippen molar-refractivity contribution in [2.24, 2.45) is 5.92 Å². The Labute approximate surface area is 174 Å². The summed E-state index contributed by atoms with van der Waals surface area (Å²) in [5, 5.41) is 3.26. The first-order valence-electron chi connectivity index (χ1n) is 10.5. The van der Waals surface area contributed by atoms with Crippen LogP contribution in [0.3, 0.4) is 0 Å². The molecular formula is C22H28F3N5. The lowest BCUT2D eigenvalue weighted by molar-refractivity contribution is -0.145. The molecule has 8 heteroatoms. The van der Waals surface area contributed by atoms with Crippen LogP contribution in [-0.2, 0) is 6.18 Å². The second kappa shape index (κ2) is 9.45. The second-order valence-corrected chi connectivity index (χ2v) is 7.41. The average molecular weight is 419 g/mol. The van der Waals surface area contributed by atoms with E-state index in [0.717, 1.165) is 16.7 Å². The molecule has 30 heavy (non-hydrogen) atoms. The minimum Gasteiger partial charge on any atom is -0.369 e. The van der Waals surface area contributed by atoms with E-state index >= 15 is 0 Å². The largest absolute Gasteiger partial charge is 0.450 e. The predicted molar refractivity (Wildman–Crippen MR) is 113 cm³/mol. The fraction of sp³-hybridized carbons (Fsp3) is 0.500. The molecule has 2 heterocycles. The lowest BCUT2D eigenvalue weighted by atomic mass is 9.89. The number of rotatable bonds is 4. The first-order valence-corrected chi connectivity index (χ1v) is 10.5. The Morgan fingerprint density at radius 2 is 1.80 bits per heavy atom. The molecular weight excluding hydrogens is 391 g/mol. The Hall–Kier alpha value is -2.64. The highest BCUT2D eigenvalue weighted by Crippen LogP contribution is 2.33. The summed E-state index contributed by atoms with van der Waals surface area (Å²) in [5.74, 6) is 0.295. The van der Waals surface area contributed by atoms with Crippen LogP contribution in [-0.4, -0.2) is 26.1 Å². The summed E-state index contributed by atoms with van der Waals surface area (Å²) < 4.78 is 41.6. The van der Waals surface area contributed by atoms with E-state index in [4.69, 9.17) is 0 Å². The first-order chi connectivity index (χ1) is 14.4. The van der Waals surface area contributed by atoms with Crippen molar-refractivity contribution in [3.8, 4) is 5.82 Å². The van der Waals surface area contributed by atoms with Gasteiger partial charge in [0.05, 0.1) is 23.4 Å². The number of alkyl halides is 3. The molecule has 0 saturated heterocycles. The van der Waals surface area contributed by atoms with Gasteiger partial charge in [0, 0.05) is 6.54 Å². The van der Waals surface area contributed by atoms with Crippen LogP contribution >= 0.6 is 0 Å². The Kier molecular flexibility index (Phi) is 6.95. The molecule has 2 aromatic heterocycles. The number of aryl methyl sites for hydroxylation is 1. The zero-order valence-electron chi connectivity index (χ0n) is 17.6. The van der Waals surface area contributed by atoms with Crippen molar-refractivity contribution in [2.45, 2.75) is 59.1 Å². The van der Waals surface area contributed by atoms with Crippen LogP contribution in [0.1, 0.15) is 57.3 Å². The van der Waals surface area contributed by atoms with Gasteiger partial charge in [-0.05, 0) is 43.4 Å². The maximum atomic E-state index is 13.5. The minimum atomic E-state index is -4.59. The number of imidazole rings is 1. The van der Waals surface area contributed by atoms with Crippen LogP contribution in [0.2, 0.25) is 0 Å². The van der Waals surface area contributed by atoms with Crippen molar-refractivity contribution in [1.82, 2.24) is 19.5 Å². The van der Waals surface area contributed by atoms with Gasteiger partial charge >= 0.3 is 6.18 Å². The van der Waals surface area contributed by atoms with E-state index in [1.807, 2.05) is 20.8 Å². The molecule has 0 bridgehead atoms. The molecule has 1 aliphatic rings. The lowest BCUT2D eigenvalue weighted by Crippen LogP contribution is -2.18. The number of fused-ring (bicyclic) bond motifs is 1. The Balaban J connectivity index is 0.00000124. The fourth-order valence-electron chi connectivity index (χ4n) is 3.78. The number of hydrogen-bond donors (Lipinski definition) is 1. The number of nitrogens with one attached hydrogen (secondary N) is 1. The zero-order valence-corrected chi connectivity index (χ0v) is 17.6. The van der Waals surface area contributed by atoms with Crippen LogP contribution < -0.4 is 5.32 Å². The number of anilines is 1. The summed E-state index contributed by atoms with van der Waals surface area (Å²) in [6.45, 7) is 6.63. The summed E-state index contributed by atoms with van der Waals surface area (Å²) in [6.07, 6.45) is 4.46. The van der Waals surface area contributed by atoms with Crippen LogP contribution in [0, 0.1) is 12.8 Å². The van der Waals surface area contributed by atoms with E-state index in [-0.39, 0.29) is 11.3 Å². The van der Waals surface area contributed by atoms with E-state index in [1.165, 1.54) is 44.5 Å². The highest BCUT2D eigenvalue weighted by Gasteiger charge is 2.38. The zero-order chi connectivity index (χ0) is 21.7. The van der Waals surface area contributed by atoms with E-state index in [9.17, 15) is 13.2 Å². The van der Waals surface area contributed by atoms with Crippen molar-refractivity contribution in [2.75, 3.05) is 11.9 Å². The minimum absolute atomic E-state index is 0.0990. The van der Waals surface area contributed by atoms with Gasteiger partial charge < -0.3 is 5.32 Å². The lowest BCUT2D eigenvalue weighted by Gasteiger charge is -2.21. The normalized spacial score (nSPS) is 15.0. The Morgan fingerprint density at radius 3 is 2.43 bits per heavy atom. The third-order valence-corrected chi connectivity index (χ3v) is 5.23. The molecule has 4 rings (SSSR count). The molecule has 0 radical (unpaired) electrons. The molecule has 1 aromatic carbocycles. The van der Waals surface area contributed by atoms with E-state index in [0.29, 0.717) is 17.3 Å². The molecule has 0 amide bonds. The topological polar surface area (TPSA) is 55.6 Å². The molecule has 0 spiro atoms. The van der Waals surface area contributed by atoms with Crippen molar-refractivity contribution in [3.63, 3.8) is 0 Å². The van der Waals surface area contributed by atoms with Gasteiger partial charge in [0.2, 0.25) is 5.82 Å². The fourth-order valence-corrected chi connectivity index (χ4v) is 3.78. The van der Waals surface area contributed by atoms with Gasteiger partial charge in [-0.3, -0.25) is 4.57 Å². The number of halogens is 3. The third-order valence-electron chi connectivity index (χ3n) is 5.23. The van der Waals surface area contributed by atoms with Gasteiger partial charge in [0.1, 0.15) is 5.82 Å². The van der Waals surface area contributed by atoms with Crippen molar-refractivity contribution in [1.29, 1.82) is 0 Å². The first kappa shape index (κ1) is 22.1. The van der Waals surface area contributed by atoms with Crippen LogP contribution in [0.15, 0.2) is 30.6 Å². The third kappa shape index (κ3) is 4.91. The maximum absolute atomic E-state index is 13.5. The standard InChI is InChI=1S/C20H22F3N5.C2H6/c1-13-7-8-16-15(9-13)27-19(20(21,22)23)28(16)18-12-25-17(11-26-18)24-10-14-5-3-2-4-6-14;1-2/h7-9,11-12,14H,2-6,10H2,1H3,(H,24,25);1-2H3. The molecule has 1 saturated carbocycles. The van der Waals surface area contributed by atoms with Gasteiger partial charge in [0.25, 0.3) is 0 Å². The highest BCUT2D eigenvalue weighted by atomic mass is 19.4. The average Bonchev–Trinajstić information content (AvgIpc) is 3.14. The summed E-state index contributed by atoms with van der Waals surface area (Å²) >= 11 is 0. The monoisotopic (exact) mass is 419 g/mol. The van der Waals surface area contributed by atoms with Gasteiger partial charge in [0.15, 0.2) is 5.82 Å². The van der Waals surface area contributed by atoms with Crippen molar-refractivity contribution >= 4 is 16.9 Å². The molecule has 3 aromatic rings. The molecule has 0 unspecified atom stereocenters. The van der Waals surface area contributed by atoms with Crippen LogP contribution in [0.5, 0.6) is 0 Å². The van der Waals surface area contributed by atoms with Crippen LogP contribution in [0.4, 0.5) is 19.0 Å². The molecule has 162 valence electrons. The predicted octanol–water partition coefficient (Wildman–Crippen LogP) is 6.16. The highest BCUT2D eigenvalue weighted by molar-refractivity contribution is 5.78. The van der Waals surface area contributed by atoms with Gasteiger partial charge in [-0.1, -0.05) is 39.2 Å². The SMILES string of the molecule is CC.Cc1ccc2c(c1)nc(C(F)(F)F)n2-c1cnc(NCC2CCCCC2)cn1. The van der Waals surface area contributed by atoms with Gasteiger partial charge in [-0.2, -0.15) is 13.2 Å². The van der Waals surface area contributed by atoms with Crippen molar-refractivity contribution in [3.05, 3.63) is 42.0 Å². The number of benzene rings is 1. The molecule has 0 aliphatic heterocycles. The van der Waals surface area contributed by atoms with Crippen molar-refractivity contribution < 1.29 is 13.2 Å². The number of aromatic nitrogens is 4. The Bertz CT molecular complexity index is 957. The summed E-state index contributed by atoms with van der Waals surface area (Å²) in [7, 11) is 0. The van der Waals surface area contributed by atoms with E-state index in [1.54, 1.807) is 18.2 Å². The second-order valence-electron chi connectivity index (χ2n) is 7.41. The molecule has 1 fully saturated rings. The van der Waals surface area contributed by atoms with E-state index < -0.39 is 12.0 Å².